The minimum absolute atomic E-state index is 0.875. The van der Waals surface area contributed by atoms with E-state index >= 15 is 0 Å². The van der Waals surface area contributed by atoms with Crippen LogP contribution in [0.2, 0.25) is 0 Å². The first kappa shape index (κ1) is 27.6. The van der Waals surface area contributed by atoms with Gasteiger partial charge >= 0.3 is 0 Å². The van der Waals surface area contributed by atoms with E-state index in [0.717, 1.165) is 50.2 Å². The quantitative estimate of drug-likeness (QED) is 0.188. The zero-order valence-corrected chi connectivity index (χ0v) is 27.7. The molecule has 3 nitrogen and oxygen atoms in total. The van der Waals surface area contributed by atoms with Gasteiger partial charge in [0.15, 0.2) is 5.58 Å². The van der Waals surface area contributed by atoms with E-state index in [0.29, 0.717) is 0 Å². The largest absolute Gasteiger partial charge is 0.454 e. The number of para-hydroxylation sites is 4. The number of rotatable bonds is 4. The van der Waals surface area contributed by atoms with Crippen LogP contribution in [0, 0.1) is 0 Å². The van der Waals surface area contributed by atoms with Crippen molar-refractivity contribution >= 4 is 103 Å². The van der Waals surface area contributed by atoms with Gasteiger partial charge < -0.3 is 13.9 Å². The summed E-state index contributed by atoms with van der Waals surface area (Å²) in [6, 6.07) is 61.1. The Balaban J connectivity index is 1.25. The summed E-state index contributed by atoms with van der Waals surface area (Å²) in [7, 11) is 0. The number of aromatic nitrogens is 1. The molecule has 4 heteroatoms. The normalized spacial score (nSPS) is 12.0. The standard InChI is InChI=1S/C46H28N2OS/c1-2-13-30(14-3-1)47-38-19-8-6-17-37(38)44-39(47)20-11-21-40(44)48(41-22-10-18-35-33-16-7-9-23-42(33)49-45(35)41)31-25-27-34-36-26-24-29-12-4-5-15-32(29)46(36)50-43(34)28-31/h1-28H. The number of fused-ring (bicyclic) bond motifs is 11. The zero-order valence-electron chi connectivity index (χ0n) is 26.9. The molecule has 11 aromatic rings. The van der Waals surface area contributed by atoms with Gasteiger partial charge in [0.05, 0.1) is 22.4 Å². The van der Waals surface area contributed by atoms with Crippen molar-refractivity contribution in [3.63, 3.8) is 0 Å². The van der Waals surface area contributed by atoms with Gasteiger partial charge in [0.2, 0.25) is 0 Å². The summed E-state index contributed by atoms with van der Waals surface area (Å²) in [6.45, 7) is 0. The second kappa shape index (κ2) is 10.6. The minimum atomic E-state index is 0.875. The van der Waals surface area contributed by atoms with Crippen molar-refractivity contribution in [2.75, 3.05) is 4.90 Å². The Hall–Kier alpha value is -6.36. The van der Waals surface area contributed by atoms with E-state index in [1.807, 2.05) is 17.4 Å². The highest BCUT2D eigenvalue weighted by atomic mass is 32.1. The Morgan fingerprint density at radius 2 is 1.18 bits per heavy atom. The maximum Gasteiger partial charge on any atom is 0.159 e. The minimum Gasteiger partial charge on any atom is -0.454 e. The van der Waals surface area contributed by atoms with Gasteiger partial charge in [0.25, 0.3) is 0 Å². The van der Waals surface area contributed by atoms with E-state index in [2.05, 4.69) is 173 Å². The molecule has 0 bridgehead atoms. The topological polar surface area (TPSA) is 21.3 Å². The van der Waals surface area contributed by atoms with Crippen LogP contribution in [0.15, 0.2) is 174 Å². The first-order chi connectivity index (χ1) is 24.8. The predicted molar refractivity (Wildman–Crippen MR) is 213 cm³/mol. The van der Waals surface area contributed by atoms with Crippen molar-refractivity contribution in [3.8, 4) is 5.69 Å². The Bertz CT molecular complexity index is 3110. The third-order valence-corrected chi connectivity index (χ3v) is 11.4. The molecule has 234 valence electrons. The number of thiophene rings is 1. The fraction of sp³-hybridized carbons (Fsp3) is 0. The van der Waals surface area contributed by atoms with Crippen molar-refractivity contribution in [2.45, 2.75) is 0 Å². The van der Waals surface area contributed by atoms with Crippen LogP contribution in [0.3, 0.4) is 0 Å². The number of hydrogen-bond acceptors (Lipinski definition) is 3. The Morgan fingerprint density at radius 3 is 2.10 bits per heavy atom. The SMILES string of the molecule is c1ccc(-n2c3ccccc3c3c(N(c4ccc5c(c4)sc4c6ccccc6ccc54)c4cccc5c4oc4ccccc45)cccc32)cc1. The molecular weight excluding hydrogens is 629 g/mol. The first-order valence-electron chi connectivity index (χ1n) is 16.9. The number of furan rings is 1. The molecule has 0 N–H and O–H groups in total. The van der Waals surface area contributed by atoms with E-state index in [4.69, 9.17) is 4.42 Å². The van der Waals surface area contributed by atoms with Gasteiger partial charge in [0, 0.05) is 53.1 Å². The maximum atomic E-state index is 6.72. The first-order valence-corrected chi connectivity index (χ1v) is 17.8. The molecule has 0 saturated heterocycles. The van der Waals surface area contributed by atoms with E-state index in [1.54, 1.807) is 0 Å². The van der Waals surface area contributed by atoms with Gasteiger partial charge in [0.1, 0.15) is 5.58 Å². The van der Waals surface area contributed by atoms with Crippen LogP contribution in [0.1, 0.15) is 0 Å². The van der Waals surface area contributed by atoms with E-state index in [-0.39, 0.29) is 0 Å². The summed E-state index contributed by atoms with van der Waals surface area (Å²) in [5.74, 6) is 0. The van der Waals surface area contributed by atoms with Crippen molar-refractivity contribution in [3.05, 3.63) is 170 Å². The summed E-state index contributed by atoms with van der Waals surface area (Å²) >= 11 is 1.87. The summed E-state index contributed by atoms with van der Waals surface area (Å²) in [4.78, 5) is 2.41. The molecule has 11 rings (SSSR count). The third kappa shape index (κ3) is 3.91. The third-order valence-electron chi connectivity index (χ3n) is 10.2. The molecule has 0 radical (unpaired) electrons. The zero-order chi connectivity index (χ0) is 32.8. The lowest BCUT2D eigenvalue weighted by Gasteiger charge is -2.26. The fourth-order valence-corrected chi connectivity index (χ4v) is 9.26. The molecule has 3 heterocycles. The second-order valence-electron chi connectivity index (χ2n) is 12.9. The summed E-state index contributed by atoms with van der Waals surface area (Å²) < 4.78 is 11.7. The van der Waals surface area contributed by atoms with Crippen LogP contribution >= 0.6 is 11.3 Å². The van der Waals surface area contributed by atoms with Crippen molar-refractivity contribution in [1.82, 2.24) is 4.57 Å². The molecule has 0 atom stereocenters. The molecule has 0 fully saturated rings. The molecule has 50 heavy (non-hydrogen) atoms. The maximum absolute atomic E-state index is 6.72. The van der Waals surface area contributed by atoms with E-state index < -0.39 is 0 Å². The van der Waals surface area contributed by atoms with Crippen LogP contribution in [-0.4, -0.2) is 4.57 Å². The fourth-order valence-electron chi connectivity index (χ4n) is 7.99. The molecular formula is C46H28N2OS. The molecule has 3 aromatic heterocycles. The number of benzene rings is 8. The van der Waals surface area contributed by atoms with Gasteiger partial charge in [-0.3, -0.25) is 0 Å². The van der Waals surface area contributed by atoms with Crippen molar-refractivity contribution in [2.24, 2.45) is 0 Å². The summed E-state index contributed by atoms with van der Waals surface area (Å²) in [6.07, 6.45) is 0. The van der Waals surface area contributed by atoms with Crippen LogP contribution in [0.4, 0.5) is 17.1 Å². The van der Waals surface area contributed by atoms with Crippen LogP contribution < -0.4 is 4.90 Å². The summed E-state index contributed by atoms with van der Waals surface area (Å²) in [5, 5.41) is 9.78. The second-order valence-corrected chi connectivity index (χ2v) is 13.9. The molecule has 0 aliphatic rings. The lowest BCUT2D eigenvalue weighted by Crippen LogP contribution is -2.10. The van der Waals surface area contributed by atoms with Crippen LogP contribution in [-0.2, 0) is 0 Å². The molecule has 0 aliphatic carbocycles. The number of nitrogens with zero attached hydrogens (tertiary/aromatic N) is 2. The summed E-state index contributed by atoms with van der Waals surface area (Å²) in [5.41, 5.74) is 8.44. The highest BCUT2D eigenvalue weighted by Crippen LogP contribution is 2.48. The molecule has 0 unspecified atom stereocenters. The molecule has 8 aromatic carbocycles. The molecule has 0 amide bonds. The predicted octanol–water partition coefficient (Wildman–Crippen LogP) is 13.7. The van der Waals surface area contributed by atoms with Gasteiger partial charge in [-0.2, -0.15) is 0 Å². The molecule has 0 spiro atoms. The van der Waals surface area contributed by atoms with Gasteiger partial charge in [-0.05, 0) is 65.4 Å². The monoisotopic (exact) mass is 656 g/mol. The van der Waals surface area contributed by atoms with Gasteiger partial charge in [-0.1, -0.05) is 115 Å². The highest BCUT2D eigenvalue weighted by molar-refractivity contribution is 7.26. The average Bonchev–Trinajstić information content (AvgIpc) is 3.85. The molecule has 0 aliphatic heterocycles. The van der Waals surface area contributed by atoms with Gasteiger partial charge in [-0.15, -0.1) is 11.3 Å². The van der Waals surface area contributed by atoms with E-state index in [1.165, 1.54) is 47.2 Å². The van der Waals surface area contributed by atoms with Crippen LogP contribution in [0.5, 0.6) is 0 Å². The lowest BCUT2D eigenvalue weighted by molar-refractivity contribution is 0.669. The highest BCUT2D eigenvalue weighted by Gasteiger charge is 2.24. The van der Waals surface area contributed by atoms with Crippen molar-refractivity contribution in [1.29, 1.82) is 0 Å². The Labute approximate surface area is 291 Å². The number of anilines is 3. The van der Waals surface area contributed by atoms with Gasteiger partial charge in [-0.25, -0.2) is 0 Å². The van der Waals surface area contributed by atoms with Crippen molar-refractivity contribution < 1.29 is 4.42 Å². The van der Waals surface area contributed by atoms with E-state index in [9.17, 15) is 0 Å². The Morgan fingerprint density at radius 1 is 0.480 bits per heavy atom. The smallest absolute Gasteiger partial charge is 0.159 e. The number of hydrogen-bond donors (Lipinski definition) is 0. The average molecular weight is 657 g/mol. The lowest BCUT2D eigenvalue weighted by atomic mass is 10.0. The molecule has 0 saturated carbocycles. The Kier molecular flexibility index (Phi) is 5.83. The van der Waals surface area contributed by atoms with Crippen LogP contribution in [0.25, 0.3) is 80.4 Å².